The zero-order chi connectivity index (χ0) is 18.2. The van der Waals surface area contributed by atoms with Crippen LogP contribution in [-0.4, -0.2) is 36.0 Å². The molecule has 2 atom stereocenters. The van der Waals surface area contributed by atoms with Crippen molar-refractivity contribution >= 4 is 15.9 Å². The van der Waals surface area contributed by atoms with Crippen molar-refractivity contribution in [2.24, 2.45) is 10.8 Å². The van der Waals surface area contributed by atoms with Gasteiger partial charge in [0, 0.05) is 43.7 Å². The topological polar surface area (TPSA) is 6.48 Å². The molecule has 2 aliphatic rings. The van der Waals surface area contributed by atoms with Crippen LogP contribution < -0.4 is 0 Å². The van der Waals surface area contributed by atoms with Crippen LogP contribution in [0.15, 0.2) is 59.1 Å². The average Bonchev–Trinajstić information content (AvgIpc) is 2.55. The molecule has 0 spiro atoms. The highest BCUT2D eigenvalue weighted by molar-refractivity contribution is 9.10. The van der Waals surface area contributed by atoms with Gasteiger partial charge in [-0.25, -0.2) is 0 Å². The zero-order valence-electron chi connectivity index (χ0n) is 15.9. The van der Waals surface area contributed by atoms with E-state index in [0.29, 0.717) is 10.8 Å². The Bertz CT molecular complexity index is 725. The van der Waals surface area contributed by atoms with Gasteiger partial charge in [0.1, 0.15) is 0 Å². The number of rotatable bonds is 4. The number of nitrogens with zero attached hydrogens (tertiary/aromatic N) is 2. The van der Waals surface area contributed by atoms with Crippen LogP contribution in [0.2, 0.25) is 0 Å². The second-order valence-corrected chi connectivity index (χ2v) is 10.1. The van der Waals surface area contributed by atoms with Crippen molar-refractivity contribution in [1.82, 2.24) is 9.80 Å². The Hall–Kier alpha value is -1.16. The largest absolute Gasteiger partial charge is 0.298 e. The van der Waals surface area contributed by atoms with Crippen molar-refractivity contribution in [2.45, 2.75) is 33.4 Å². The highest BCUT2D eigenvalue weighted by Gasteiger charge is 2.48. The third kappa shape index (κ3) is 4.21. The molecule has 2 bridgehead atoms. The molecular weight excluding hydrogens is 384 g/mol. The summed E-state index contributed by atoms with van der Waals surface area (Å²) in [5, 5.41) is 0. The maximum absolute atomic E-state index is 3.54. The summed E-state index contributed by atoms with van der Waals surface area (Å²) >= 11 is 3.54. The lowest BCUT2D eigenvalue weighted by molar-refractivity contribution is -0.0791. The van der Waals surface area contributed by atoms with Gasteiger partial charge in [-0.3, -0.25) is 9.80 Å². The first kappa shape index (κ1) is 18.2. The van der Waals surface area contributed by atoms with Crippen molar-refractivity contribution in [1.29, 1.82) is 0 Å². The Morgan fingerprint density at radius 1 is 0.731 bits per heavy atom. The summed E-state index contributed by atoms with van der Waals surface area (Å²) in [4.78, 5) is 5.38. The molecular formula is C23H29BrN2. The van der Waals surface area contributed by atoms with Crippen LogP contribution in [-0.2, 0) is 13.1 Å². The molecule has 138 valence electrons. The van der Waals surface area contributed by atoms with Crippen molar-refractivity contribution in [2.75, 3.05) is 26.2 Å². The van der Waals surface area contributed by atoms with E-state index in [1.54, 1.807) is 0 Å². The minimum absolute atomic E-state index is 0.384. The van der Waals surface area contributed by atoms with Gasteiger partial charge in [-0.1, -0.05) is 72.2 Å². The SMILES string of the molecule is C[C@@]12CN(Cc3ccccc3)C[C@](C)(CN(Cc3ccc(Br)cc3)C1)C2. The van der Waals surface area contributed by atoms with Gasteiger partial charge in [0.05, 0.1) is 0 Å². The van der Waals surface area contributed by atoms with E-state index in [0.717, 1.165) is 17.6 Å². The summed E-state index contributed by atoms with van der Waals surface area (Å²) in [5.41, 5.74) is 3.62. The second kappa shape index (κ2) is 7.10. The lowest BCUT2D eigenvalue weighted by Gasteiger charge is -2.57. The highest BCUT2D eigenvalue weighted by Crippen LogP contribution is 2.46. The average molecular weight is 413 g/mol. The van der Waals surface area contributed by atoms with Gasteiger partial charge in [0.2, 0.25) is 0 Å². The van der Waals surface area contributed by atoms with Crippen LogP contribution in [0.25, 0.3) is 0 Å². The van der Waals surface area contributed by atoms with E-state index in [4.69, 9.17) is 0 Å². The number of benzene rings is 2. The van der Waals surface area contributed by atoms with Crippen LogP contribution in [0, 0.1) is 10.8 Å². The number of hydrogen-bond donors (Lipinski definition) is 0. The number of likely N-dealkylation sites (tertiary alicyclic amines) is 2. The molecule has 0 amide bonds. The molecule has 0 radical (unpaired) electrons. The molecule has 2 fully saturated rings. The van der Waals surface area contributed by atoms with Crippen LogP contribution in [0.4, 0.5) is 0 Å². The standard InChI is InChI=1S/C23H29BrN2/c1-22-14-23(2,16-25(15-22)12-19-6-4-3-5-7-19)18-26(17-22)13-20-8-10-21(24)11-9-20/h3-11H,12-18H2,1-2H3/t22-,23-/m1/s1. The molecule has 0 N–H and O–H groups in total. The van der Waals surface area contributed by atoms with E-state index in [1.165, 1.54) is 43.7 Å². The van der Waals surface area contributed by atoms with Crippen LogP contribution >= 0.6 is 15.9 Å². The van der Waals surface area contributed by atoms with Gasteiger partial charge >= 0.3 is 0 Å². The molecule has 2 heterocycles. The summed E-state index contributed by atoms with van der Waals surface area (Å²) in [6, 6.07) is 19.8. The van der Waals surface area contributed by atoms with Crippen molar-refractivity contribution in [3.63, 3.8) is 0 Å². The van der Waals surface area contributed by atoms with E-state index in [9.17, 15) is 0 Å². The monoisotopic (exact) mass is 412 g/mol. The third-order valence-corrected chi connectivity index (χ3v) is 6.37. The molecule has 0 unspecified atom stereocenters. The smallest absolute Gasteiger partial charge is 0.0234 e. The molecule has 0 saturated carbocycles. The van der Waals surface area contributed by atoms with Crippen molar-refractivity contribution in [3.8, 4) is 0 Å². The minimum Gasteiger partial charge on any atom is -0.298 e. The number of piperidine rings is 2. The number of hydrogen-bond acceptors (Lipinski definition) is 2. The highest BCUT2D eigenvalue weighted by atomic mass is 79.9. The third-order valence-electron chi connectivity index (χ3n) is 5.84. The fraction of sp³-hybridized carbons (Fsp3) is 0.478. The molecule has 4 rings (SSSR count). The van der Waals surface area contributed by atoms with Gasteiger partial charge < -0.3 is 0 Å². The molecule has 0 aromatic heterocycles. The lowest BCUT2D eigenvalue weighted by Crippen LogP contribution is -2.61. The molecule has 2 aromatic rings. The first-order valence-electron chi connectivity index (χ1n) is 9.65. The molecule has 0 aliphatic carbocycles. The van der Waals surface area contributed by atoms with Gasteiger partial charge in [-0.05, 0) is 40.5 Å². The lowest BCUT2D eigenvalue weighted by atomic mass is 9.65. The molecule has 2 aliphatic heterocycles. The molecule has 2 nitrogen and oxygen atoms in total. The van der Waals surface area contributed by atoms with E-state index in [1.807, 2.05) is 0 Å². The number of fused-ring (bicyclic) bond motifs is 2. The van der Waals surface area contributed by atoms with E-state index >= 15 is 0 Å². The Balaban J connectivity index is 1.46. The normalized spacial score (nSPS) is 29.7. The van der Waals surface area contributed by atoms with Gasteiger partial charge in [-0.15, -0.1) is 0 Å². The van der Waals surface area contributed by atoms with E-state index in [2.05, 4.69) is 94.2 Å². The predicted molar refractivity (Wildman–Crippen MR) is 112 cm³/mol. The second-order valence-electron chi connectivity index (χ2n) is 9.20. The molecule has 2 saturated heterocycles. The maximum Gasteiger partial charge on any atom is 0.0234 e. The minimum atomic E-state index is 0.384. The van der Waals surface area contributed by atoms with E-state index in [-0.39, 0.29) is 0 Å². The first-order valence-corrected chi connectivity index (χ1v) is 10.4. The summed E-state index contributed by atoms with van der Waals surface area (Å²) in [7, 11) is 0. The van der Waals surface area contributed by atoms with Crippen LogP contribution in [0.5, 0.6) is 0 Å². The van der Waals surface area contributed by atoms with Crippen molar-refractivity contribution < 1.29 is 0 Å². The summed E-state index contributed by atoms with van der Waals surface area (Å²) in [5.74, 6) is 0. The quantitative estimate of drug-likeness (QED) is 0.681. The van der Waals surface area contributed by atoms with Crippen molar-refractivity contribution in [3.05, 3.63) is 70.2 Å². The van der Waals surface area contributed by atoms with Crippen LogP contribution in [0.1, 0.15) is 31.4 Å². The predicted octanol–water partition coefficient (Wildman–Crippen LogP) is 5.18. The van der Waals surface area contributed by atoms with Gasteiger partial charge in [0.15, 0.2) is 0 Å². The summed E-state index contributed by atoms with van der Waals surface area (Å²) in [6.07, 6.45) is 1.35. The zero-order valence-corrected chi connectivity index (χ0v) is 17.5. The van der Waals surface area contributed by atoms with Gasteiger partial charge in [0.25, 0.3) is 0 Å². The Morgan fingerprint density at radius 3 is 1.69 bits per heavy atom. The van der Waals surface area contributed by atoms with Gasteiger partial charge in [-0.2, -0.15) is 0 Å². The molecule has 3 heteroatoms. The molecule has 26 heavy (non-hydrogen) atoms. The Kier molecular flexibility index (Phi) is 4.98. The molecule has 2 aromatic carbocycles. The fourth-order valence-corrected chi connectivity index (χ4v) is 5.80. The Morgan fingerprint density at radius 2 is 1.19 bits per heavy atom. The summed E-state index contributed by atoms with van der Waals surface area (Å²) < 4.78 is 1.16. The number of halogens is 1. The maximum atomic E-state index is 3.54. The van der Waals surface area contributed by atoms with Crippen LogP contribution in [0.3, 0.4) is 0 Å². The van der Waals surface area contributed by atoms with E-state index < -0.39 is 0 Å². The summed E-state index contributed by atoms with van der Waals surface area (Å²) in [6.45, 7) is 11.9. The fourth-order valence-electron chi connectivity index (χ4n) is 5.54. The first-order chi connectivity index (χ1) is 12.4. The Labute approximate surface area is 166 Å².